The number of hydrogen-bond donors (Lipinski definition) is 3. The van der Waals surface area contributed by atoms with E-state index in [4.69, 9.17) is 0 Å². The van der Waals surface area contributed by atoms with E-state index in [1.807, 2.05) is 0 Å². The fourth-order valence-corrected chi connectivity index (χ4v) is 5.41. The minimum atomic E-state index is -3.53. The van der Waals surface area contributed by atoms with Crippen LogP contribution < -0.4 is 16.0 Å². The van der Waals surface area contributed by atoms with Crippen LogP contribution in [0.15, 0.2) is 29.2 Å². The van der Waals surface area contributed by atoms with Crippen LogP contribution in [0.2, 0.25) is 0 Å². The van der Waals surface area contributed by atoms with Crippen molar-refractivity contribution in [2.24, 2.45) is 0 Å². The van der Waals surface area contributed by atoms with Crippen molar-refractivity contribution < 1.29 is 18.0 Å². The first-order valence-electron chi connectivity index (χ1n) is 10.4. The highest BCUT2D eigenvalue weighted by Gasteiger charge is 2.26. The van der Waals surface area contributed by atoms with Crippen molar-refractivity contribution in [1.29, 1.82) is 0 Å². The minimum absolute atomic E-state index is 0.120. The molecule has 1 aliphatic heterocycles. The molecule has 1 aromatic rings. The van der Waals surface area contributed by atoms with Crippen molar-refractivity contribution in [2.75, 3.05) is 25.0 Å². The van der Waals surface area contributed by atoms with Gasteiger partial charge in [0.05, 0.1) is 11.4 Å². The molecule has 1 saturated heterocycles. The summed E-state index contributed by atoms with van der Waals surface area (Å²) >= 11 is 0. The van der Waals surface area contributed by atoms with Crippen molar-refractivity contribution in [3.8, 4) is 0 Å². The van der Waals surface area contributed by atoms with Crippen LogP contribution in [-0.2, 0) is 14.8 Å². The summed E-state index contributed by atoms with van der Waals surface area (Å²) in [6.45, 7) is 0.961. The highest BCUT2D eigenvalue weighted by molar-refractivity contribution is 7.89. The van der Waals surface area contributed by atoms with Crippen LogP contribution in [0.1, 0.15) is 51.4 Å². The summed E-state index contributed by atoms with van der Waals surface area (Å²) in [5, 5.41) is 8.04. The van der Waals surface area contributed by atoms with E-state index < -0.39 is 22.0 Å². The summed E-state index contributed by atoms with van der Waals surface area (Å²) in [7, 11) is -3.53. The van der Waals surface area contributed by atoms with Crippen LogP contribution in [0.25, 0.3) is 0 Å². The van der Waals surface area contributed by atoms with Gasteiger partial charge in [0.15, 0.2) is 0 Å². The van der Waals surface area contributed by atoms with Gasteiger partial charge in [-0.2, -0.15) is 4.31 Å². The Balaban J connectivity index is 1.50. The molecular weight excluding hydrogens is 392 g/mol. The molecule has 1 heterocycles. The molecule has 0 unspecified atom stereocenters. The Labute approximate surface area is 172 Å². The summed E-state index contributed by atoms with van der Waals surface area (Å²) < 4.78 is 27.1. The Morgan fingerprint density at radius 1 is 1.00 bits per heavy atom. The number of amides is 3. The third-order valence-corrected chi connectivity index (χ3v) is 7.33. The molecule has 0 aromatic heterocycles. The lowest BCUT2D eigenvalue weighted by molar-refractivity contribution is -0.118. The molecule has 8 nitrogen and oxygen atoms in total. The monoisotopic (exact) mass is 422 g/mol. The molecular formula is C20H30N4O4S. The molecule has 2 fully saturated rings. The average Bonchev–Trinajstić information content (AvgIpc) is 2.74. The van der Waals surface area contributed by atoms with E-state index in [2.05, 4.69) is 16.0 Å². The fourth-order valence-electron chi connectivity index (χ4n) is 3.84. The number of urea groups is 1. The van der Waals surface area contributed by atoms with E-state index in [9.17, 15) is 18.0 Å². The normalized spacial score (nSPS) is 18.8. The largest absolute Gasteiger partial charge is 0.376 e. The lowest BCUT2D eigenvalue weighted by Gasteiger charge is -2.26. The summed E-state index contributed by atoms with van der Waals surface area (Å²) in [6.07, 6.45) is 8.07. The van der Waals surface area contributed by atoms with Crippen LogP contribution in [0, 0.1) is 0 Å². The number of carbonyl (C=O) groups excluding carboxylic acids is 2. The molecule has 160 valence electrons. The van der Waals surface area contributed by atoms with E-state index in [1.165, 1.54) is 16.8 Å². The quantitative estimate of drug-likeness (QED) is 0.653. The third kappa shape index (κ3) is 6.17. The Kier molecular flexibility index (Phi) is 7.49. The van der Waals surface area contributed by atoms with Crippen LogP contribution >= 0.6 is 0 Å². The maximum atomic E-state index is 12.8. The average molecular weight is 423 g/mol. The zero-order valence-electron chi connectivity index (χ0n) is 16.7. The van der Waals surface area contributed by atoms with Gasteiger partial charge in [0.2, 0.25) is 15.9 Å². The van der Waals surface area contributed by atoms with Gasteiger partial charge in [0, 0.05) is 24.8 Å². The SMILES string of the molecule is O=C(CNc1cccc(S(=O)(=O)N2CCCCC2)c1)NC(=O)NC1CCCCC1. The van der Waals surface area contributed by atoms with E-state index in [0.29, 0.717) is 18.8 Å². The first kappa shape index (κ1) is 21.6. The van der Waals surface area contributed by atoms with Crippen LogP contribution in [-0.4, -0.2) is 50.3 Å². The maximum absolute atomic E-state index is 12.8. The number of carbonyl (C=O) groups is 2. The predicted molar refractivity (Wildman–Crippen MR) is 111 cm³/mol. The van der Waals surface area contributed by atoms with Crippen molar-refractivity contribution in [1.82, 2.24) is 14.9 Å². The number of benzene rings is 1. The molecule has 3 N–H and O–H groups in total. The summed E-state index contributed by atoms with van der Waals surface area (Å²) in [6, 6.07) is 6.08. The fraction of sp³-hybridized carbons (Fsp3) is 0.600. The van der Waals surface area contributed by atoms with Crippen molar-refractivity contribution in [2.45, 2.75) is 62.3 Å². The maximum Gasteiger partial charge on any atom is 0.321 e. The van der Waals surface area contributed by atoms with Crippen LogP contribution in [0.4, 0.5) is 10.5 Å². The lowest BCUT2D eigenvalue weighted by Crippen LogP contribution is -2.46. The molecule has 9 heteroatoms. The first-order valence-corrected chi connectivity index (χ1v) is 11.8. The molecule has 29 heavy (non-hydrogen) atoms. The summed E-state index contributed by atoms with van der Waals surface area (Å²) in [5.74, 6) is -0.470. The Morgan fingerprint density at radius 2 is 1.69 bits per heavy atom. The number of nitrogens with one attached hydrogen (secondary N) is 3. The molecule has 1 aliphatic carbocycles. The van der Waals surface area contributed by atoms with E-state index in [-0.39, 0.29) is 17.5 Å². The molecule has 0 spiro atoms. The number of anilines is 1. The molecule has 0 radical (unpaired) electrons. The smallest absolute Gasteiger partial charge is 0.321 e. The van der Waals surface area contributed by atoms with Crippen LogP contribution in [0.3, 0.4) is 0 Å². The third-order valence-electron chi connectivity index (χ3n) is 5.43. The Bertz CT molecular complexity index is 816. The number of hydrogen-bond acceptors (Lipinski definition) is 5. The number of rotatable bonds is 6. The molecule has 0 atom stereocenters. The Hall–Kier alpha value is -2.13. The standard InChI is InChI=1S/C20H30N4O4S/c25-19(23-20(26)22-16-8-3-1-4-9-16)15-21-17-10-7-11-18(14-17)29(27,28)24-12-5-2-6-13-24/h7,10-11,14,16,21H,1-6,8-9,12-13,15H2,(H2,22,23,25,26). The second-order valence-corrected chi connectivity index (χ2v) is 9.64. The molecule has 1 saturated carbocycles. The predicted octanol–water partition coefficient (Wildman–Crippen LogP) is 2.43. The van der Waals surface area contributed by atoms with Gasteiger partial charge < -0.3 is 10.6 Å². The summed E-state index contributed by atoms with van der Waals surface area (Å²) in [4.78, 5) is 24.2. The second-order valence-electron chi connectivity index (χ2n) is 7.70. The zero-order valence-corrected chi connectivity index (χ0v) is 17.5. The van der Waals surface area contributed by atoms with Crippen molar-refractivity contribution >= 4 is 27.6 Å². The van der Waals surface area contributed by atoms with Gasteiger partial charge in [-0.05, 0) is 43.9 Å². The number of nitrogens with zero attached hydrogens (tertiary/aromatic N) is 1. The summed E-state index contributed by atoms with van der Waals surface area (Å²) in [5.41, 5.74) is 0.519. The number of sulfonamides is 1. The molecule has 3 amide bonds. The molecule has 2 aliphatic rings. The lowest BCUT2D eigenvalue weighted by atomic mass is 9.96. The number of piperidine rings is 1. The Morgan fingerprint density at radius 3 is 2.41 bits per heavy atom. The van der Waals surface area contributed by atoms with Crippen molar-refractivity contribution in [3.63, 3.8) is 0 Å². The minimum Gasteiger partial charge on any atom is -0.376 e. The first-order chi connectivity index (χ1) is 13.9. The highest BCUT2D eigenvalue weighted by atomic mass is 32.2. The molecule has 3 rings (SSSR count). The van der Waals surface area contributed by atoms with Gasteiger partial charge >= 0.3 is 6.03 Å². The van der Waals surface area contributed by atoms with Gasteiger partial charge in [0.25, 0.3) is 0 Å². The van der Waals surface area contributed by atoms with Gasteiger partial charge in [0.1, 0.15) is 0 Å². The van der Waals surface area contributed by atoms with Gasteiger partial charge in [-0.1, -0.05) is 31.7 Å². The number of imide groups is 1. The van der Waals surface area contributed by atoms with Gasteiger partial charge in [-0.3, -0.25) is 10.1 Å². The van der Waals surface area contributed by atoms with E-state index in [0.717, 1.165) is 44.9 Å². The van der Waals surface area contributed by atoms with Crippen LogP contribution in [0.5, 0.6) is 0 Å². The zero-order chi connectivity index (χ0) is 20.7. The second kappa shape index (κ2) is 10.1. The van der Waals surface area contributed by atoms with E-state index in [1.54, 1.807) is 18.2 Å². The molecule has 1 aromatic carbocycles. The van der Waals surface area contributed by atoms with Gasteiger partial charge in [-0.25, -0.2) is 13.2 Å². The highest BCUT2D eigenvalue weighted by Crippen LogP contribution is 2.22. The van der Waals surface area contributed by atoms with Crippen molar-refractivity contribution in [3.05, 3.63) is 24.3 Å². The molecule has 0 bridgehead atoms. The van der Waals surface area contributed by atoms with E-state index >= 15 is 0 Å². The topological polar surface area (TPSA) is 108 Å². The van der Waals surface area contributed by atoms with Gasteiger partial charge in [-0.15, -0.1) is 0 Å².